The van der Waals surface area contributed by atoms with Gasteiger partial charge < -0.3 is 10.6 Å². The first-order valence-electron chi connectivity index (χ1n) is 13.5. The lowest BCUT2D eigenvalue weighted by molar-refractivity contribution is -0.140. The summed E-state index contributed by atoms with van der Waals surface area (Å²) in [7, 11) is 3.32. The number of hydrogen-bond acceptors (Lipinski definition) is 7. The number of carbonyl (C=O) groups excluding carboxylic acids is 6. The maximum Gasteiger partial charge on any atom is 0.253 e. The van der Waals surface area contributed by atoms with Crippen molar-refractivity contribution in [1.29, 1.82) is 0 Å². The van der Waals surface area contributed by atoms with Crippen molar-refractivity contribution in [1.82, 2.24) is 20.4 Å². The van der Waals surface area contributed by atoms with Crippen LogP contribution in [0.25, 0.3) is 0 Å². The third-order valence-electron chi connectivity index (χ3n) is 8.20. The molecule has 0 bridgehead atoms. The third-order valence-corrected chi connectivity index (χ3v) is 9.13. The number of thioether (sulfide) groups is 1. The van der Waals surface area contributed by atoms with E-state index in [1.165, 1.54) is 33.7 Å². The van der Waals surface area contributed by atoms with Gasteiger partial charge in [-0.05, 0) is 69.5 Å². The maximum absolute atomic E-state index is 12.1. The second-order valence-corrected chi connectivity index (χ2v) is 11.6. The van der Waals surface area contributed by atoms with Crippen molar-refractivity contribution in [3.63, 3.8) is 0 Å². The van der Waals surface area contributed by atoms with E-state index in [9.17, 15) is 28.8 Å². The Kier molecular flexibility index (Phi) is 10.9. The Morgan fingerprint density at radius 1 is 0.763 bits per heavy atom. The molecule has 0 aromatic rings. The zero-order valence-electron chi connectivity index (χ0n) is 22.6. The number of imide groups is 2. The van der Waals surface area contributed by atoms with E-state index in [2.05, 4.69) is 10.6 Å². The molecule has 11 heteroatoms. The molecule has 4 rings (SSSR count). The monoisotopic (exact) mass is 548 g/mol. The lowest BCUT2D eigenvalue weighted by Gasteiger charge is -2.29. The van der Waals surface area contributed by atoms with Gasteiger partial charge in [0.25, 0.3) is 11.8 Å². The van der Waals surface area contributed by atoms with Crippen molar-refractivity contribution in [3.05, 3.63) is 12.2 Å². The Morgan fingerprint density at radius 3 is 1.55 bits per heavy atom. The fourth-order valence-electron chi connectivity index (χ4n) is 5.78. The molecule has 210 valence electrons. The second-order valence-electron chi connectivity index (χ2n) is 10.6. The summed E-state index contributed by atoms with van der Waals surface area (Å²) in [5.41, 5.74) is 0. The highest BCUT2D eigenvalue weighted by atomic mass is 32.2. The van der Waals surface area contributed by atoms with Gasteiger partial charge >= 0.3 is 0 Å². The molecule has 10 nitrogen and oxygen atoms in total. The van der Waals surface area contributed by atoms with Crippen LogP contribution in [0.3, 0.4) is 0 Å². The van der Waals surface area contributed by atoms with Crippen LogP contribution < -0.4 is 10.6 Å². The van der Waals surface area contributed by atoms with E-state index in [1.807, 2.05) is 6.26 Å². The van der Waals surface area contributed by atoms with Crippen molar-refractivity contribution in [2.24, 2.45) is 23.7 Å². The average molecular weight is 549 g/mol. The van der Waals surface area contributed by atoms with Crippen molar-refractivity contribution in [3.8, 4) is 0 Å². The summed E-state index contributed by atoms with van der Waals surface area (Å²) in [6.07, 6.45) is 11.9. The van der Waals surface area contributed by atoms with E-state index >= 15 is 0 Å². The molecule has 1 unspecified atom stereocenters. The number of rotatable bonds is 7. The average Bonchev–Trinajstić information content (AvgIpc) is 3.40. The van der Waals surface area contributed by atoms with Crippen molar-refractivity contribution >= 4 is 47.2 Å². The summed E-state index contributed by atoms with van der Waals surface area (Å²) in [6, 6.07) is 0. The summed E-state index contributed by atoms with van der Waals surface area (Å²) in [5, 5.41) is 5.17. The smallest absolute Gasteiger partial charge is 0.253 e. The quantitative estimate of drug-likeness (QED) is 0.461. The summed E-state index contributed by atoms with van der Waals surface area (Å²) in [4.78, 5) is 72.6. The highest BCUT2D eigenvalue weighted by Crippen LogP contribution is 2.32. The zero-order chi connectivity index (χ0) is 27.8. The molecule has 2 aliphatic carbocycles. The van der Waals surface area contributed by atoms with Crippen LogP contribution in [0.1, 0.15) is 57.8 Å². The largest absolute Gasteiger partial charge is 0.359 e. The Morgan fingerprint density at radius 2 is 1.18 bits per heavy atom. The molecule has 4 aliphatic rings. The molecule has 38 heavy (non-hydrogen) atoms. The van der Waals surface area contributed by atoms with E-state index in [1.54, 1.807) is 14.1 Å². The van der Waals surface area contributed by atoms with E-state index in [0.29, 0.717) is 31.3 Å². The molecule has 0 spiro atoms. The molecule has 0 radical (unpaired) electrons. The highest BCUT2D eigenvalue weighted by molar-refractivity contribution is 8.00. The fraction of sp³-hybridized carbons (Fsp3) is 0.704. The Labute approximate surface area is 228 Å². The molecule has 2 saturated carbocycles. The van der Waals surface area contributed by atoms with Crippen LogP contribution in [-0.4, -0.2) is 83.9 Å². The highest BCUT2D eigenvalue weighted by Gasteiger charge is 2.39. The van der Waals surface area contributed by atoms with Crippen molar-refractivity contribution in [2.45, 2.75) is 63.0 Å². The Hall–Kier alpha value is -2.69. The van der Waals surface area contributed by atoms with Gasteiger partial charge in [0.05, 0.1) is 5.25 Å². The molecule has 3 fully saturated rings. The van der Waals surface area contributed by atoms with Gasteiger partial charge in [-0.2, -0.15) is 11.8 Å². The molecule has 0 aromatic heterocycles. The minimum Gasteiger partial charge on any atom is -0.359 e. The first-order chi connectivity index (χ1) is 18.2. The van der Waals surface area contributed by atoms with Crippen LogP contribution in [0.4, 0.5) is 0 Å². The van der Waals surface area contributed by atoms with Crippen LogP contribution in [0.15, 0.2) is 12.2 Å². The number of hydrogen-bond donors (Lipinski definition) is 2. The minimum absolute atomic E-state index is 0.0316. The minimum atomic E-state index is -0.214. The summed E-state index contributed by atoms with van der Waals surface area (Å²) < 4.78 is 0. The van der Waals surface area contributed by atoms with Gasteiger partial charge in [-0.25, -0.2) is 0 Å². The molecule has 2 heterocycles. The van der Waals surface area contributed by atoms with Gasteiger partial charge in [0.15, 0.2) is 0 Å². The van der Waals surface area contributed by atoms with Gasteiger partial charge in [-0.1, -0.05) is 0 Å². The van der Waals surface area contributed by atoms with Crippen molar-refractivity contribution < 1.29 is 28.8 Å². The molecule has 1 saturated heterocycles. The van der Waals surface area contributed by atoms with Gasteiger partial charge in [-0.15, -0.1) is 0 Å². The maximum atomic E-state index is 12.1. The van der Waals surface area contributed by atoms with Crippen LogP contribution in [0.5, 0.6) is 0 Å². The van der Waals surface area contributed by atoms with Gasteiger partial charge in [-0.3, -0.25) is 38.6 Å². The summed E-state index contributed by atoms with van der Waals surface area (Å²) in [5.74, 6) is 0.584. The second kappa shape index (κ2) is 13.9. The summed E-state index contributed by atoms with van der Waals surface area (Å²) >= 11 is 1.45. The normalized spacial score (nSPS) is 29.3. The molecule has 2 N–H and O–H groups in total. The molecular formula is C27H40N4O6S. The van der Waals surface area contributed by atoms with Gasteiger partial charge in [0, 0.05) is 57.6 Å². The topological polar surface area (TPSA) is 133 Å². The third kappa shape index (κ3) is 7.45. The van der Waals surface area contributed by atoms with Crippen LogP contribution in [0.2, 0.25) is 0 Å². The Bertz CT molecular complexity index is 935. The molecule has 1 atom stereocenters. The summed E-state index contributed by atoms with van der Waals surface area (Å²) in [6.45, 7) is 1.03. The van der Waals surface area contributed by atoms with E-state index in [-0.39, 0.29) is 52.5 Å². The molecular weight excluding hydrogens is 508 g/mol. The predicted octanol–water partition coefficient (Wildman–Crippen LogP) is 1.49. The first kappa shape index (κ1) is 29.9. The number of amides is 6. The predicted molar refractivity (Wildman–Crippen MR) is 144 cm³/mol. The SMILES string of the molecule is CNC(=O)C1CCC(CN2C(=O)C=CC2=O)CC1.CNC(=O)C1CCC(CN2C(=O)CC(SC)C2=O)CC1. The fourth-order valence-corrected chi connectivity index (χ4v) is 6.42. The first-order valence-corrected chi connectivity index (χ1v) is 14.8. The van der Waals surface area contributed by atoms with E-state index < -0.39 is 0 Å². The van der Waals surface area contributed by atoms with Crippen LogP contribution in [-0.2, 0) is 28.8 Å². The van der Waals surface area contributed by atoms with E-state index in [0.717, 1.165) is 51.4 Å². The standard InChI is InChI=1S/C14H22N2O3S.C13H18N2O3/c1-15-13(18)10-5-3-9(4-6-10)8-16-12(17)7-11(20-2)14(16)19;1-14-13(18)10-4-2-9(3-5-10)8-15-11(16)6-7-12(15)17/h9-11H,3-8H2,1-2H3,(H,15,18);6-7,9-10H,2-5,8H2,1H3,(H,14,18). The zero-order valence-corrected chi connectivity index (χ0v) is 23.4. The lowest BCUT2D eigenvalue weighted by atomic mass is 9.81. The molecule has 6 amide bonds. The lowest BCUT2D eigenvalue weighted by Crippen LogP contribution is -2.38. The van der Waals surface area contributed by atoms with Crippen LogP contribution >= 0.6 is 11.8 Å². The number of nitrogens with one attached hydrogen (secondary N) is 2. The number of carbonyl (C=O) groups is 6. The van der Waals surface area contributed by atoms with Crippen molar-refractivity contribution in [2.75, 3.05) is 33.4 Å². The van der Waals surface area contributed by atoms with Gasteiger partial charge in [0.2, 0.25) is 23.6 Å². The number of nitrogens with zero attached hydrogens (tertiary/aromatic N) is 2. The molecule has 2 aliphatic heterocycles. The Balaban J connectivity index is 0.000000212. The van der Waals surface area contributed by atoms with E-state index in [4.69, 9.17) is 0 Å². The number of likely N-dealkylation sites (tertiary alicyclic amines) is 1. The van der Waals surface area contributed by atoms with Crippen LogP contribution in [0, 0.1) is 23.7 Å². The van der Waals surface area contributed by atoms with Gasteiger partial charge in [0.1, 0.15) is 0 Å². The molecule has 0 aromatic carbocycles.